The first-order valence-corrected chi connectivity index (χ1v) is 4.65. The largest absolute Gasteiger partial charge is 0.479 e. The van der Waals surface area contributed by atoms with Crippen molar-refractivity contribution in [3.63, 3.8) is 0 Å². The van der Waals surface area contributed by atoms with Crippen molar-refractivity contribution in [2.45, 2.75) is 37.3 Å². The topological polar surface area (TPSA) is 75.6 Å². The van der Waals surface area contributed by atoms with Gasteiger partial charge in [-0.15, -0.1) is 0 Å². The second-order valence-electron chi connectivity index (χ2n) is 3.51. The Hall–Kier alpha value is -1.10. The minimum Gasteiger partial charge on any atom is -0.479 e. The second-order valence-corrected chi connectivity index (χ2v) is 3.51. The van der Waals surface area contributed by atoms with Crippen molar-refractivity contribution in [3.8, 4) is 0 Å². The smallest absolute Gasteiger partial charge is 0.332 e. The molecule has 5 heteroatoms. The maximum absolute atomic E-state index is 11.1. The van der Waals surface area contributed by atoms with Gasteiger partial charge in [-0.25, -0.2) is 4.79 Å². The fourth-order valence-corrected chi connectivity index (χ4v) is 2.04. The molecule has 2 unspecified atom stereocenters. The lowest BCUT2D eigenvalue weighted by atomic mass is 9.79. The summed E-state index contributed by atoms with van der Waals surface area (Å²) >= 11 is 0. The van der Waals surface area contributed by atoms with Crippen molar-refractivity contribution in [1.82, 2.24) is 5.32 Å². The molecule has 0 bridgehead atoms. The zero-order chi connectivity index (χ0) is 10.6. The van der Waals surface area contributed by atoms with Crippen LogP contribution in [0.25, 0.3) is 0 Å². The number of methoxy groups -OCH3 is 1. The predicted octanol–water partition coefficient (Wildman–Crippen LogP) is 0.145. The molecule has 1 aliphatic rings. The van der Waals surface area contributed by atoms with Crippen molar-refractivity contribution in [3.05, 3.63) is 0 Å². The average Bonchev–Trinajstić information content (AvgIpc) is 2.18. The predicted molar refractivity (Wildman–Crippen MR) is 48.8 cm³/mol. The molecule has 14 heavy (non-hydrogen) atoms. The summed E-state index contributed by atoms with van der Waals surface area (Å²) in [6.45, 7) is 0. The zero-order valence-corrected chi connectivity index (χ0v) is 8.16. The lowest BCUT2D eigenvalue weighted by Gasteiger charge is -2.39. The van der Waals surface area contributed by atoms with Crippen molar-refractivity contribution < 1.29 is 19.4 Å². The number of aliphatic carboxylic acids is 1. The van der Waals surface area contributed by atoms with E-state index >= 15 is 0 Å². The summed E-state index contributed by atoms with van der Waals surface area (Å²) in [6, 6.07) is 0. The van der Waals surface area contributed by atoms with E-state index in [-0.39, 0.29) is 0 Å². The molecule has 2 atom stereocenters. The molecule has 0 aromatic rings. The van der Waals surface area contributed by atoms with Crippen molar-refractivity contribution in [2.75, 3.05) is 7.11 Å². The SMILES string of the molecule is COC1CCCCC1(NC=O)C(=O)O. The highest BCUT2D eigenvalue weighted by atomic mass is 16.5. The van der Waals surface area contributed by atoms with E-state index in [2.05, 4.69) is 5.32 Å². The van der Waals surface area contributed by atoms with Crippen LogP contribution in [0.15, 0.2) is 0 Å². The van der Waals surface area contributed by atoms with E-state index in [0.717, 1.165) is 12.8 Å². The highest BCUT2D eigenvalue weighted by molar-refractivity contribution is 5.82. The molecule has 0 heterocycles. The van der Waals surface area contributed by atoms with E-state index in [4.69, 9.17) is 9.84 Å². The molecule has 1 aliphatic carbocycles. The number of amides is 1. The first kappa shape index (κ1) is 11.0. The first-order valence-electron chi connectivity index (χ1n) is 4.65. The van der Waals surface area contributed by atoms with E-state index in [9.17, 15) is 9.59 Å². The van der Waals surface area contributed by atoms with Crippen molar-refractivity contribution in [1.29, 1.82) is 0 Å². The van der Waals surface area contributed by atoms with Crippen molar-refractivity contribution >= 4 is 12.4 Å². The number of hydrogen-bond acceptors (Lipinski definition) is 3. The molecule has 0 aromatic carbocycles. The first-order chi connectivity index (χ1) is 6.67. The molecular formula is C9H15NO4. The Morgan fingerprint density at radius 3 is 2.86 bits per heavy atom. The number of carbonyl (C=O) groups excluding carboxylic acids is 1. The Morgan fingerprint density at radius 2 is 2.36 bits per heavy atom. The van der Waals surface area contributed by atoms with Crippen LogP contribution in [-0.2, 0) is 14.3 Å². The van der Waals surface area contributed by atoms with Crippen LogP contribution >= 0.6 is 0 Å². The monoisotopic (exact) mass is 201 g/mol. The summed E-state index contributed by atoms with van der Waals surface area (Å²) < 4.78 is 5.12. The standard InChI is InChI=1S/C9H15NO4/c1-14-7-4-2-3-5-9(7,8(12)13)10-6-11/h6-7H,2-5H2,1H3,(H,10,11)(H,12,13). The summed E-state index contributed by atoms with van der Waals surface area (Å²) in [4.78, 5) is 21.5. The lowest BCUT2D eigenvalue weighted by molar-refractivity contribution is -0.155. The molecule has 1 saturated carbocycles. The number of ether oxygens (including phenoxy) is 1. The summed E-state index contributed by atoms with van der Waals surface area (Å²) in [7, 11) is 1.47. The summed E-state index contributed by atoms with van der Waals surface area (Å²) in [5.74, 6) is -1.02. The Morgan fingerprint density at radius 1 is 1.64 bits per heavy atom. The van der Waals surface area contributed by atoms with Gasteiger partial charge in [-0.2, -0.15) is 0 Å². The van der Waals surface area contributed by atoms with Crippen LogP contribution in [0.3, 0.4) is 0 Å². The van der Waals surface area contributed by atoms with Gasteiger partial charge in [0.2, 0.25) is 6.41 Å². The molecule has 5 nitrogen and oxygen atoms in total. The van der Waals surface area contributed by atoms with E-state index in [1.165, 1.54) is 7.11 Å². The fourth-order valence-electron chi connectivity index (χ4n) is 2.04. The summed E-state index contributed by atoms with van der Waals surface area (Å²) in [5.41, 5.74) is -1.23. The molecule has 0 aromatic heterocycles. The lowest BCUT2D eigenvalue weighted by Crippen LogP contribution is -2.61. The van der Waals surface area contributed by atoms with Crippen LogP contribution in [0, 0.1) is 0 Å². The Labute approximate surface area is 82.4 Å². The number of hydrogen-bond donors (Lipinski definition) is 2. The normalized spacial score (nSPS) is 32.2. The van der Waals surface area contributed by atoms with Crippen LogP contribution in [-0.4, -0.2) is 36.2 Å². The van der Waals surface area contributed by atoms with Crippen LogP contribution in [0.4, 0.5) is 0 Å². The molecule has 0 saturated heterocycles. The molecular weight excluding hydrogens is 186 g/mol. The molecule has 1 fully saturated rings. The highest BCUT2D eigenvalue weighted by Crippen LogP contribution is 2.30. The third kappa shape index (κ3) is 1.72. The molecule has 1 amide bonds. The van der Waals surface area contributed by atoms with Crippen LogP contribution in [0.2, 0.25) is 0 Å². The van der Waals surface area contributed by atoms with E-state index in [1.54, 1.807) is 0 Å². The van der Waals surface area contributed by atoms with Crippen molar-refractivity contribution in [2.24, 2.45) is 0 Å². The van der Waals surface area contributed by atoms with Gasteiger partial charge in [0, 0.05) is 7.11 Å². The van der Waals surface area contributed by atoms with Gasteiger partial charge in [0.05, 0.1) is 6.10 Å². The number of carboxylic acid groups (broad SMARTS) is 1. The summed E-state index contributed by atoms with van der Waals surface area (Å²) in [5, 5.41) is 11.5. The van der Waals surface area contributed by atoms with Gasteiger partial charge in [-0.3, -0.25) is 4.79 Å². The van der Waals surface area contributed by atoms with E-state index in [1.807, 2.05) is 0 Å². The van der Waals surface area contributed by atoms with Gasteiger partial charge in [0.1, 0.15) is 0 Å². The molecule has 0 radical (unpaired) electrons. The van der Waals surface area contributed by atoms with Crippen LogP contribution in [0.1, 0.15) is 25.7 Å². The van der Waals surface area contributed by atoms with Gasteiger partial charge in [0.15, 0.2) is 5.54 Å². The minimum absolute atomic E-state index is 0.430. The maximum atomic E-state index is 11.1. The van der Waals surface area contributed by atoms with Gasteiger partial charge in [-0.1, -0.05) is 12.8 Å². The number of carbonyl (C=O) groups is 2. The Bertz CT molecular complexity index is 231. The average molecular weight is 201 g/mol. The van der Waals surface area contributed by atoms with Gasteiger partial charge >= 0.3 is 5.97 Å². The van der Waals surface area contributed by atoms with E-state index in [0.29, 0.717) is 19.3 Å². The fraction of sp³-hybridized carbons (Fsp3) is 0.778. The second kappa shape index (κ2) is 4.41. The minimum atomic E-state index is -1.23. The third-order valence-corrected chi connectivity index (χ3v) is 2.82. The summed E-state index contributed by atoms with van der Waals surface area (Å²) in [6.07, 6.45) is 2.84. The van der Waals surface area contributed by atoms with Crippen LogP contribution < -0.4 is 5.32 Å². The number of nitrogens with one attached hydrogen (secondary N) is 1. The van der Waals surface area contributed by atoms with Crippen LogP contribution in [0.5, 0.6) is 0 Å². The molecule has 2 N–H and O–H groups in total. The van der Waals surface area contributed by atoms with E-state index < -0.39 is 17.6 Å². The zero-order valence-electron chi connectivity index (χ0n) is 8.16. The Kier molecular flexibility index (Phi) is 3.46. The number of rotatable bonds is 4. The molecule has 0 aliphatic heterocycles. The molecule has 80 valence electrons. The molecule has 0 spiro atoms. The molecule has 1 rings (SSSR count). The quantitative estimate of drug-likeness (QED) is 0.634. The third-order valence-electron chi connectivity index (χ3n) is 2.82. The number of carboxylic acids is 1. The highest BCUT2D eigenvalue weighted by Gasteiger charge is 2.47. The van der Waals surface area contributed by atoms with Gasteiger partial charge in [0.25, 0.3) is 0 Å². The van der Waals surface area contributed by atoms with Gasteiger partial charge < -0.3 is 15.2 Å². The maximum Gasteiger partial charge on any atom is 0.332 e. The van der Waals surface area contributed by atoms with Gasteiger partial charge in [-0.05, 0) is 12.8 Å². The Balaban J connectivity index is 2.90.